The lowest BCUT2D eigenvalue weighted by Gasteiger charge is -2.04. The van der Waals surface area contributed by atoms with Gasteiger partial charge in [0.05, 0.1) is 22.9 Å². The van der Waals surface area contributed by atoms with Crippen molar-refractivity contribution in [2.75, 3.05) is 12.0 Å². The molecule has 0 amide bonds. The first-order valence-corrected chi connectivity index (χ1v) is 8.29. The molecule has 0 bridgehead atoms. The summed E-state index contributed by atoms with van der Waals surface area (Å²) in [7, 11) is 0. The second-order valence-corrected chi connectivity index (χ2v) is 5.84. The van der Waals surface area contributed by atoms with Crippen molar-refractivity contribution in [3.8, 4) is 0 Å². The summed E-state index contributed by atoms with van der Waals surface area (Å²) in [4.78, 5) is 15.2. The number of aryl methyl sites for hydroxylation is 1. The van der Waals surface area contributed by atoms with Crippen molar-refractivity contribution in [1.29, 1.82) is 0 Å². The third-order valence-corrected chi connectivity index (χ3v) is 4.06. The van der Waals surface area contributed by atoms with E-state index in [4.69, 9.17) is 5.11 Å². The fraction of sp³-hybridized carbons (Fsp3) is 0.467. The first kappa shape index (κ1) is 14.9. The van der Waals surface area contributed by atoms with Crippen LogP contribution >= 0.6 is 11.8 Å². The second-order valence-electron chi connectivity index (χ2n) is 4.85. The Morgan fingerprint density at radius 1 is 1.30 bits per heavy atom. The Kier molecular flexibility index (Phi) is 5.47. The van der Waals surface area contributed by atoms with Crippen molar-refractivity contribution in [3.05, 3.63) is 30.1 Å². The van der Waals surface area contributed by atoms with E-state index < -0.39 is 5.97 Å². The molecule has 0 atom stereocenters. The maximum absolute atomic E-state index is 10.9. The number of nitrogens with zero attached hydrogens (tertiary/aromatic N) is 2. The van der Waals surface area contributed by atoms with Crippen LogP contribution in [0.1, 0.15) is 36.0 Å². The van der Waals surface area contributed by atoms with Crippen LogP contribution < -0.4 is 0 Å². The minimum Gasteiger partial charge on any atom is -0.478 e. The predicted molar refractivity (Wildman–Crippen MR) is 83.5 cm³/mol. The lowest BCUT2D eigenvalue weighted by atomic mass is 10.2. The zero-order valence-electron chi connectivity index (χ0n) is 11.7. The molecule has 108 valence electrons. The van der Waals surface area contributed by atoms with E-state index >= 15 is 0 Å². The van der Waals surface area contributed by atoms with Gasteiger partial charge < -0.3 is 9.67 Å². The highest BCUT2D eigenvalue weighted by Crippen LogP contribution is 2.16. The van der Waals surface area contributed by atoms with E-state index in [0.29, 0.717) is 5.56 Å². The second kappa shape index (κ2) is 7.33. The molecule has 1 heterocycles. The number of carboxylic acids is 1. The molecule has 20 heavy (non-hydrogen) atoms. The molecule has 0 aliphatic carbocycles. The van der Waals surface area contributed by atoms with Gasteiger partial charge in [-0.05, 0) is 43.0 Å². The third kappa shape index (κ3) is 3.76. The van der Waals surface area contributed by atoms with E-state index in [0.717, 1.165) is 24.0 Å². The third-order valence-electron chi connectivity index (χ3n) is 3.37. The monoisotopic (exact) mass is 292 g/mol. The number of imidazole rings is 1. The summed E-state index contributed by atoms with van der Waals surface area (Å²) in [5.74, 6) is 0.335. The van der Waals surface area contributed by atoms with Gasteiger partial charge in [0.1, 0.15) is 0 Å². The molecule has 0 aliphatic heterocycles. The summed E-state index contributed by atoms with van der Waals surface area (Å²) in [5.41, 5.74) is 2.06. The van der Waals surface area contributed by atoms with Gasteiger partial charge in [-0.25, -0.2) is 9.78 Å². The summed E-state index contributed by atoms with van der Waals surface area (Å²) >= 11 is 1.90. The van der Waals surface area contributed by atoms with Crippen LogP contribution in [0, 0.1) is 0 Å². The Bertz CT molecular complexity index is 580. The molecular weight excluding hydrogens is 272 g/mol. The van der Waals surface area contributed by atoms with Gasteiger partial charge in [0.25, 0.3) is 0 Å². The van der Waals surface area contributed by atoms with E-state index in [2.05, 4.69) is 15.8 Å². The smallest absolute Gasteiger partial charge is 0.335 e. The highest BCUT2D eigenvalue weighted by atomic mass is 32.2. The van der Waals surface area contributed by atoms with E-state index in [1.54, 1.807) is 18.5 Å². The highest BCUT2D eigenvalue weighted by molar-refractivity contribution is 7.98. The van der Waals surface area contributed by atoms with Crippen LogP contribution in [0.3, 0.4) is 0 Å². The van der Waals surface area contributed by atoms with Crippen LogP contribution in [0.5, 0.6) is 0 Å². The summed E-state index contributed by atoms with van der Waals surface area (Å²) in [6, 6.07) is 5.12. The number of aromatic nitrogens is 2. The number of benzene rings is 1. The molecule has 0 aliphatic rings. The number of hydrogen-bond acceptors (Lipinski definition) is 3. The predicted octanol–water partition coefficient (Wildman–Crippen LogP) is 3.66. The molecule has 0 saturated heterocycles. The quantitative estimate of drug-likeness (QED) is 0.754. The number of hydrogen-bond donors (Lipinski definition) is 1. The molecule has 0 saturated carbocycles. The Labute approximate surface area is 123 Å². The van der Waals surface area contributed by atoms with Crippen LogP contribution in [0.25, 0.3) is 11.0 Å². The van der Waals surface area contributed by atoms with Gasteiger partial charge in [-0.1, -0.05) is 12.8 Å². The number of fused-ring (bicyclic) bond motifs is 1. The lowest BCUT2D eigenvalue weighted by molar-refractivity contribution is 0.0697. The van der Waals surface area contributed by atoms with Crippen LogP contribution in [0.4, 0.5) is 0 Å². The summed E-state index contributed by atoms with van der Waals surface area (Å²) in [6.07, 6.45) is 8.87. The van der Waals surface area contributed by atoms with Gasteiger partial charge >= 0.3 is 5.97 Å². The number of aromatic carboxylic acids is 1. The summed E-state index contributed by atoms with van der Waals surface area (Å²) < 4.78 is 2.11. The maximum Gasteiger partial charge on any atom is 0.335 e. The zero-order valence-corrected chi connectivity index (χ0v) is 12.5. The Hall–Kier alpha value is -1.49. The van der Waals surface area contributed by atoms with E-state index in [-0.39, 0.29) is 0 Å². The fourth-order valence-corrected chi connectivity index (χ4v) is 2.75. The van der Waals surface area contributed by atoms with E-state index in [1.165, 1.54) is 25.0 Å². The van der Waals surface area contributed by atoms with Gasteiger partial charge in [0, 0.05) is 6.54 Å². The topological polar surface area (TPSA) is 55.1 Å². The molecule has 0 spiro atoms. The van der Waals surface area contributed by atoms with Crippen LogP contribution in [0.2, 0.25) is 0 Å². The Morgan fingerprint density at radius 3 is 2.85 bits per heavy atom. The number of unbranched alkanes of at least 4 members (excludes halogenated alkanes) is 3. The SMILES string of the molecule is CSCCCCCCn1cnc2cc(C(=O)O)ccc21. The minimum atomic E-state index is -0.907. The number of carbonyl (C=O) groups is 1. The first-order chi connectivity index (χ1) is 9.72. The van der Waals surface area contributed by atoms with Crippen molar-refractivity contribution in [2.24, 2.45) is 0 Å². The van der Waals surface area contributed by atoms with Crippen molar-refractivity contribution < 1.29 is 9.90 Å². The van der Waals surface area contributed by atoms with Crippen LogP contribution in [-0.2, 0) is 6.54 Å². The van der Waals surface area contributed by atoms with Gasteiger partial charge in [0.15, 0.2) is 0 Å². The molecule has 5 heteroatoms. The standard InChI is InChI=1S/C15H20N2O2S/c1-20-9-5-3-2-4-8-17-11-16-13-10-12(15(18)19)6-7-14(13)17/h6-7,10-11H,2-5,8-9H2,1H3,(H,18,19). The Balaban J connectivity index is 1.92. The molecule has 1 aromatic carbocycles. The van der Waals surface area contributed by atoms with Crippen LogP contribution in [-0.4, -0.2) is 32.6 Å². The number of rotatable bonds is 8. The molecule has 1 aromatic heterocycles. The van der Waals surface area contributed by atoms with Crippen molar-refractivity contribution in [1.82, 2.24) is 9.55 Å². The van der Waals surface area contributed by atoms with Crippen molar-refractivity contribution in [2.45, 2.75) is 32.2 Å². The van der Waals surface area contributed by atoms with E-state index in [1.807, 2.05) is 17.8 Å². The van der Waals surface area contributed by atoms with Gasteiger partial charge in [-0.3, -0.25) is 0 Å². The molecule has 4 nitrogen and oxygen atoms in total. The van der Waals surface area contributed by atoms with Gasteiger partial charge in [0.2, 0.25) is 0 Å². The molecule has 0 unspecified atom stereocenters. The van der Waals surface area contributed by atoms with E-state index in [9.17, 15) is 4.79 Å². The van der Waals surface area contributed by atoms with Gasteiger partial charge in [-0.15, -0.1) is 0 Å². The largest absolute Gasteiger partial charge is 0.478 e. The molecule has 2 aromatic rings. The molecule has 0 fully saturated rings. The number of thioether (sulfide) groups is 1. The maximum atomic E-state index is 10.9. The Morgan fingerprint density at radius 2 is 2.10 bits per heavy atom. The first-order valence-electron chi connectivity index (χ1n) is 6.89. The highest BCUT2D eigenvalue weighted by Gasteiger charge is 2.07. The average Bonchev–Trinajstić information content (AvgIpc) is 2.85. The fourth-order valence-electron chi connectivity index (χ4n) is 2.26. The summed E-state index contributed by atoms with van der Waals surface area (Å²) in [5, 5.41) is 8.96. The molecular formula is C15H20N2O2S. The average molecular weight is 292 g/mol. The zero-order chi connectivity index (χ0) is 14.4. The lowest BCUT2D eigenvalue weighted by Crippen LogP contribution is -1.98. The van der Waals surface area contributed by atoms with Crippen LogP contribution in [0.15, 0.2) is 24.5 Å². The minimum absolute atomic E-state index is 0.291. The normalized spacial score (nSPS) is 11.1. The molecule has 2 rings (SSSR count). The summed E-state index contributed by atoms with van der Waals surface area (Å²) in [6.45, 7) is 0.947. The molecule has 1 N–H and O–H groups in total. The van der Waals surface area contributed by atoms with Crippen molar-refractivity contribution in [3.63, 3.8) is 0 Å². The van der Waals surface area contributed by atoms with Crippen molar-refractivity contribution >= 4 is 28.8 Å². The molecule has 0 radical (unpaired) electrons. The van der Waals surface area contributed by atoms with Gasteiger partial charge in [-0.2, -0.15) is 11.8 Å². The number of carboxylic acid groups (broad SMARTS) is 1.